The fraction of sp³-hybridized carbons (Fsp3) is 0.897. The molecule has 16 unspecified atom stereocenters. The van der Waals surface area contributed by atoms with E-state index in [1.807, 2.05) is 0 Å². The Morgan fingerprint density at radius 2 is 1.45 bits per heavy atom. The van der Waals surface area contributed by atoms with E-state index in [1.165, 1.54) is 51.4 Å². The molecule has 0 radical (unpaired) electrons. The molecule has 2 nitrogen and oxygen atoms in total. The Kier molecular flexibility index (Phi) is 3.11. The molecule has 9 rings (SSSR count). The lowest BCUT2D eigenvalue weighted by Crippen LogP contribution is -2.58. The maximum absolute atomic E-state index is 11.0. The second kappa shape index (κ2) is 5.46. The van der Waals surface area contributed by atoms with Gasteiger partial charge in [-0.2, -0.15) is 5.26 Å². The minimum Gasteiger partial charge on any atom is -0.391 e. The van der Waals surface area contributed by atoms with E-state index in [9.17, 15) is 10.4 Å². The Balaban J connectivity index is 1.21. The largest absolute Gasteiger partial charge is 0.391 e. The second-order valence-electron chi connectivity index (χ2n) is 13.8. The van der Waals surface area contributed by atoms with Crippen LogP contribution < -0.4 is 0 Å². The highest BCUT2D eigenvalue weighted by Gasteiger charge is 2.83. The fourth-order valence-electron chi connectivity index (χ4n) is 14.3. The number of hydrogen-bond acceptors (Lipinski definition) is 2. The summed E-state index contributed by atoms with van der Waals surface area (Å²) in [5.41, 5.74) is 0.645. The van der Waals surface area contributed by atoms with Crippen molar-refractivity contribution in [2.24, 2.45) is 94.2 Å². The van der Waals surface area contributed by atoms with Crippen LogP contribution in [-0.4, -0.2) is 11.2 Å². The molecule has 0 saturated heterocycles. The molecular weight excluding hydrogens is 378 g/mol. The predicted octanol–water partition coefficient (Wildman–Crippen LogP) is 5.29. The summed E-state index contributed by atoms with van der Waals surface area (Å²) in [7, 11) is 0. The SMILES string of the molecule is N#CC1C(O)C2CC1C1C2C2CC1C1(C3CCCCC3)C3CC(C4C5C=CC(C5)C43)C21. The Bertz CT molecular complexity index is 912. The van der Waals surface area contributed by atoms with Gasteiger partial charge >= 0.3 is 0 Å². The molecule has 0 aromatic heterocycles. The quantitative estimate of drug-likeness (QED) is 0.467. The third kappa shape index (κ3) is 1.65. The maximum Gasteiger partial charge on any atom is 0.0756 e. The number of nitrogens with zero attached hydrogens (tertiary/aromatic N) is 1. The summed E-state index contributed by atoms with van der Waals surface area (Å²) in [6.07, 6.45) is 18.1. The van der Waals surface area contributed by atoms with Gasteiger partial charge in [-0.25, -0.2) is 0 Å². The van der Waals surface area contributed by atoms with E-state index in [-0.39, 0.29) is 12.0 Å². The lowest BCUT2D eigenvalue weighted by molar-refractivity contribution is -0.148. The first-order chi connectivity index (χ1) is 15.2. The van der Waals surface area contributed by atoms with E-state index in [2.05, 4.69) is 18.2 Å². The molecule has 8 fully saturated rings. The second-order valence-corrected chi connectivity index (χ2v) is 13.8. The van der Waals surface area contributed by atoms with Crippen LogP contribution in [0.4, 0.5) is 0 Å². The summed E-state index contributed by atoms with van der Waals surface area (Å²) < 4.78 is 0. The zero-order valence-electron chi connectivity index (χ0n) is 18.7. The molecule has 0 aliphatic heterocycles. The summed E-state index contributed by atoms with van der Waals surface area (Å²) >= 11 is 0. The van der Waals surface area contributed by atoms with Crippen LogP contribution in [0.2, 0.25) is 0 Å². The third-order valence-corrected chi connectivity index (χ3v) is 14.0. The topological polar surface area (TPSA) is 44.0 Å². The average molecular weight is 416 g/mol. The zero-order chi connectivity index (χ0) is 20.2. The molecule has 8 bridgehead atoms. The Hall–Kier alpha value is -0.810. The van der Waals surface area contributed by atoms with Crippen molar-refractivity contribution in [2.75, 3.05) is 0 Å². The summed E-state index contributed by atoms with van der Waals surface area (Å²) in [6, 6.07) is 2.60. The van der Waals surface area contributed by atoms with Crippen LogP contribution in [0.5, 0.6) is 0 Å². The Labute approximate surface area is 186 Å². The molecule has 0 heterocycles. The predicted molar refractivity (Wildman–Crippen MR) is 117 cm³/mol. The zero-order valence-corrected chi connectivity index (χ0v) is 18.7. The molecule has 0 amide bonds. The normalized spacial score (nSPS) is 68.5. The van der Waals surface area contributed by atoms with Gasteiger partial charge in [0.2, 0.25) is 0 Å². The molecule has 16 atom stereocenters. The van der Waals surface area contributed by atoms with Crippen LogP contribution in [0.3, 0.4) is 0 Å². The molecule has 1 N–H and O–H groups in total. The lowest BCUT2D eigenvalue weighted by atomic mass is 9.43. The Morgan fingerprint density at radius 1 is 0.742 bits per heavy atom. The minimum absolute atomic E-state index is 0.0516. The first kappa shape index (κ1) is 17.6. The molecule has 164 valence electrons. The minimum atomic E-state index is -0.309. The first-order valence-corrected chi connectivity index (χ1v) is 14.0. The van der Waals surface area contributed by atoms with Crippen LogP contribution >= 0.6 is 0 Å². The smallest absolute Gasteiger partial charge is 0.0756 e. The van der Waals surface area contributed by atoms with Crippen LogP contribution in [0, 0.1) is 106 Å². The standard InChI is InChI=1S/C29H37NO/c30-12-20-16-9-19(28(20)31)25-18-11-22(26(16)25)29(15-4-2-1-3-5-15)21-10-17(27(18)29)23-13-6-7-14(8-13)24(21)23/h6-7,13-28,31H,1-5,8-11H2. The number of aliphatic hydroxyl groups excluding tert-OH is 1. The molecule has 31 heavy (non-hydrogen) atoms. The van der Waals surface area contributed by atoms with E-state index < -0.39 is 0 Å². The van der Waals surface area contributed by atoms with E-state index >= 15 is 0 Å². The molecule has 0 aromatic carbocycles. The number of hydrogen-bond donors (Lipinski definition) is 1. The van der Waals surface area contributed by atoms with Crippen molar-refractivity contribution in [2.45, 2.75) is 63.9 Å². The van der Waals surface area contributed by atoms with Crippen molar-refractivity contribution in [3.05, 3.63) is 12.2 Å². The molecule has 0 spiro atoms. The Morgan fingerprint density at radius 3 is 2.23 bits per heavy atom. The fourth-order valence-corrected chi connectivity index (χ4v) is 14.3. The van der Waals surface area contributed by atoms with Crippen molar-refractivity contribution in [3.63, 3.8) is 0 Å². The summed E-state index contributed by atoms with van der Waals surface area (Å²) in [5.74, 6) is 12.2. The van der Waals surface area contributed by atoms with Crippen molar-refractivity contribution >= 4 is 0 Å². The van der Waals surface area contributed by atoms with Gasteiger partial charge in [-0.1, -0.05) is 31.4 Å². The molecule has 0 aromatic rings. The highest BCUT2D eigenvalue weighted by atomic mass is 16.3. The van der Waals surface area contributed by atoms with Gasteiger partial charge in [-0.05, 0) is 127 Å². The number of allylic oxidation sites excluding steroid dienone is 2. The van der Waals surface area contributed by atoms with Crippen molar-refractivity contribution in [3.8, 4) is 6.07 Å². The van der Waals surface area contributed by atoms with Gasteiger partial charge in [0.15, 0.2) is 0 Å². The third-order valence-electron chi connectivity index (χ3n) is 14.0. The number of aliphatic hydroxyl groups is 1. The number of rotatable bonds is 1. The van der Waals surface area contributed by atoms with Crippen LogP contribution in [-0.2, 0) is 0 Å². The van der Waals surface area contributed by atoms with Crippen LogP contribution in [0.1, 0.15) is 57.8 Å². The highest BCUT2D eigenvalue weighted by molar-refractivity contribution is 5.33. The first-order valence-electron chi connectivity index (χ1n) is 14.0. The molecule has 9 aliphatic carbocycles. The van der Waals surface area contributed by atoms with E-state index in [4.69, 9.17) is 0 Å². The summed E-state index contributed by atoms with van der Waals surface area (Å²) in [6.45, 7) is 0. The van der Waals surface area contributed by atoms with Gasteiger partial charge in [0, 0.05) is 0 Å². The van der Waals surface area contributed by atoms with Gasteiger partial charge < -0.3 is 5.11 Å². The molecule has 2 heteroatoms. The summed E-state index contributed by atoms with van der Waals surface area (Å²) in [5, 5.41) is 21.0. The van der Waals surface area contributed by atoms with Gasteiger partial charge in [0.25, 0.3) is 0 Å². The van der Waals surface area contributed by atoms with Crippen LogP contribution in [0.15, 0.2) is 12.2 Å². The maximum atomic E-state index is 11.0. The summed E-state index contributed by atoms with van der Waals surface area (Å²) in [4.78, 5) is 0. The van der Waals surface area contributed by atoms with Crippen molar-refractivity contribution in [1.82, 2.24) is 0 Å². The van der Waals surface area contributed by atoms with E-state index in [1.54, 1.807) is 6.42 Å². The monoisotopic (exact) mass is 415 g/mol. The average Bonchev–Trinajstić information content (AvgIpc) is 3.61. The molecular formula is C29H37NO. The van der Waals surface area contributed by atoms with Crippen molar-refractivity contribution < 1.29 is 5.11 Å². The van der Waals surface area contributed by atoms with Gasteiger partial charge in [0.1, 0.15) is 0 Å². The van der Waals surface area contributed by atoms with Gasteiger partial charge in [0.05, 0.1) is 18.1 Å². The highest BCUT2D eigenvalue weighted by Crippen LogP contribution is 2.87. The molecule has 8 saturated carbocycles. The molecule has 9 aliphatic rings. The van der Waals surface area contributed by atoms with Gasteiger partial charge in [-0.15, -0.1) is 0 Å². The lowest BCUT2D eigenvalue weighted by Gasteiger charge is -2.61. The van der Waals surface area contributed by atoms with E-state index in [0.717, 1.165) is 71.0 Å². The number of fused-ring (bicyclic) bond motifs is 23. The van der Waals surface area contributed by atoms with Gasteiger partial charge in [-0.3, -0.25) is 0 Å². The number of nitriles is 1. The van der Waals surface area contributed by atoms with Crippen LogP contribution in [0.25, 0.3) is 0 Å². The van der Waals surface area contributed by atoms with Crippen molar-refractivity contribution in [1.29, 1.82) is 5.26 Å². The van der Waals surface area contributed by atoms with E-state index in [0.29, 0.717) is 17.3 Å².